The molecule has 1 N–H and O–H groups in total. The summed E-state index contributed by atoms with van der Waals surface area (Å²) < 4.78 is 26.3. The highest BCUT2D eigenvalue weighted by Gasteiger charge is 2.26. The van der Waals surface area contributed by atoms with Crippen molar-refractivity contribution in [1.29, 1.82) is 0 Å². The normalized spacial score (nSPS) is 16.7. The molecule has 2 rings (SSSR count). The molecular formula is C18H29N3O3S. The molecular weight excluding hydrogens is 338 g/mol. The molecule has 1 aliphatic rings. The van der Waals surface area contributed by atoms with Gasteiger partial charge in [-0.2, -0.15) is 4.31 Å². The van der Waals surface area contributed by atoms with Gasteiger partial charge in [-0.25, -0.2) is 8.42 Å². The van der Waals surface area contributed by atoms with Gasteiger partial charge in [0.05, 0.1) is 5.75 Å². The molecule has 0 aliphatic carbocycles. The van der Waals surface area contributed by atoms with Gasteiger partial charge in [0.1, 0.15) is 0 Å². The van der Waals surface area contributed by atoms with Crippen LogP contribution in [0.3, 0.4) is 0 Å². The van der Waals surface area contributed by atoms with Crippen LogP contribution in [0.2, 0.25) is 0 Å². The second-order valence-electron chi connectivity index (χ2n) is 6.39. The number of piperazine rings is 1. The second-order valence-corrected chi connectivity index (χ2v) is 8.48. The van der Waals surface area contributed by atoms with Crippen molar-refractivity contribution in [3.05, 3.63) is 35.9 Å². The van der Waals surface area contributed by atoms with Crippen LogP contribution in [0, 0.1) is 0 Å². The maximum Gasteiger partial charge on any atom is 0.220 e. The van der Waals surface area contributed by atoms with Crippen LogP contribution in [0.25, 0.3) is 0 Å². The topological polar surface area (TPSA) is 69.7 Å². The highest BCUT2D eigenvalue weighted by Crippen LogP contribution is 2.09. The molecule has 1 fully saturated rings. The Kier molecular flexibility index (Phi) is 7.87. The maximum absolute atomic E-state index is 12.4. The summed E-state index contributed by atoms with van der Waals surface area (Å²) in [6.45, 7) is 5.64. The van der Waals surface area contributed by atoms with Gasteiger partial charge in [0.15, 0.2) is 0 Å². The monoisotopic (exact) mass is 367 g/mol. The Morgan fingerprint density at radius 3 is 2.44 bits per heavy atom. The van der Waals surface area contributed by atoms with Crippen LogP contribution in [0.4, 0.5) is 0 Å². The molecule has 1 aliphatic heterocycles. The summed E-state index contributed by atoms with van der Waals surface area (Å²) in [5.74, 6) is -0.102. The number of hydrogen-bond acceptors (Lipinski definition) is 4. The smallest absolute Gasteiger partial charge is 0.220 e. The van der Waals surface area contributed by atoms with E-state index in [-0.39, 0.29) is 18.2 Å². The van der Waals surface area contributed by atoms with E-state index in [4.69, 9.17) is 0 Å². The molecule has 0 spiro atoms. The number of sulfonamides is 1. The molecule has 140 valence electrons. The predicted octanol–water partition coefficient (Wildman–Crippen LogP) is 1.09. The summed E-state index contributed by atoms with van der Waals surface area (Å²) in [6, 6.07) is 10.3. The number of amides is 1. The Hall–Kier alpha value is -1.44. The van der Waals surface area contributed by atoms with E-state index in [1.165, 1.54) is 5.56 Å². The zero-order chi connectivity index (χ0) is 18.1. The highest BCUT2D eigenvalue weighted by molar-refractivity contribution is 7.89. The van der Waals surface area contributed by atoms with E-state index in [0.717, 1.165) is 32.5 Å². The minimum absolute atomic E-state index is 0.0214. The van der Waals surface area contributed by atoms with E-state index in [9.17, 15) is 13.2 Å². The first-order valence-corrected chi connectivity index (χ1v) is 10.6. The van der Waals surface area contributed by atoms with Crippen LogP contribution in [-0.4, -0.2) is 68.6 Å². The van der Waals surface area contributed by atoms with Crippen molar-refractivity contribution in [2.45, 2.75) is 26.2 Å². The lowest BCUT2D eigenvalue weighted by atomic mass is 10.1. The van der Waals surface area contributed by atoms with Crippen molar-refractivity contribution >= 4 is 15.9 Å². The standard InChI is InChI=1S/C18H29N3O3S/c1-2-6-18(22)19-10-16-25(23,24)21-14-12-20(13-15-21)11-9-17-7-4-3-5-8-17/h3-5,7-8H,2,6,9-16H2,1H3,(H,19,22). The maximum atomic E-state index is 12.4. The first kappa shape index (κ1) is 19.9. The van der Waals surface area contributed by atoms with Crippen molar-refractivity contribution in [1.82, 2.24) is 14.5 Å². The fourth-order valence-electron chi connectivity index (χ4n) is 2.93. The Morgan fingerprint density at radius 2 is 1.80 bits per heavy atom. The summed E-state index contributed by atoms with van der Waals surface area (Å²) in [6.07, 6.45) is 2.20. The largest absolute Gasteiger partial charge is 0.355 e. The van der Waals surface area contributed by atoms with Gasteiger partial charge in [-0.3, -0.25) is 4.79 Å². The van der Waals surface area contributed by atoms with Crippen LogP contribution in [0.5, 0.6) is 0 Å². The van der Waals surface area contributed by atoms with Crippen molar-refractivity contribution in [3.63, 3.8) is 0 Å². The molecule has 0 bridgehead atoms. The van der Waals surface area contributed by atoms with E-state index in [1.807, 2.05) is 25.1 Å². The molecule has 1 amide bonds. The summed E-state index contributed by atoms with van der Waals surface area (Å²) in [5, 5.41) is 2.67. The van der Waals surface area contributed by atoms with Crippen molar-refractivity contribution < 1.29 is 13.2 Å². The minimum atomic E-state index is -3.29. The molecule has 0 aromatic heterocycles. The third kappa shape index (κ3) is 6.76. The fraction of sp³-hybridized carbons (Fsp3) is 0.611. The number of nitrogens with zero attached hydrogens (tertiary/aromatic N) is 2. The van der Waals surface area contributed by atoms with Crippen LogP contribution in [0.1, 0.15) is 25.3 Å². The SMILES string of the molecule is CCCC(=O)NCCS(=O)(=O)N1CCN(CCc2ccccc2)CC1. The number of rotatable bonds is 9. The third-order valence-electron chi connectivity index (χ3n) is 4.44. The Labute approximate surface area is 151 Å². The molecule has 1 aromatic rings. The van der Waals surface area contributed by atoms with E-state index >= 15 is 0 Å². The van der Waals surface area contributed by atoms with Gasteiger partial charge in [-0.1, -0.05) is 37.3 Å². The Morgan fingerprint density at radius 1 is 1.12 bits per heavy atom. The molecule has 0 saturated carbocycles. The lowest BCUT2D eigenvalue weighted by molar-refractivity contribution is -0.120. The van der Waals surface area contributed by atoms with Crippen molar-refractivity contribution in [2.75, 3.05) is 45.0 Å². The van der Waals surface area contributed by atoms with Gasteiger partial charge in [0.25, 0.3) is 0 Å². The van der Waals surface area contributed by atoms with Gasteiger partial charge in [-0.05, 0) is 18.4 Å². The molecule has 0 radical (unpaired) electrons. The number of nitrogens with one attached hydrogen (secondary N) is 1. The van der Waals surface area contributed by atoms with Crippen molar-refractivity contribution in [2.24, 2.45) is 0 Å². The Bertz CT molecular complexity index is 626. The van der Waals surface area contributed by atoms with E-state index < -0.39 is 10.0 Å². The number of carbonyl (C=O) groups excluding carboxylic acids is 1. The lowest BCUT2D eigenvalue weighted by Gasteiger charge is -2.34. The first-order chi connectivity index (χ1) is 12.0. The molecule has 25 heavy (non-hydrogen) atoms. The average Bonchev–Trinajstić information content (AvgIpc) is 2.61. The third-order valence-corrected chi connectivity index (χ3v) is 6.32. The molecule has 6 nitrogen and oxygen atoms in total. The van der Waals surface area contributed by atoms with Crippen LogP contribution >= 0.6 is 0 Å². The summed E-state index contributed by atoms with van der Waals surface area (Å²) in [4.78, 5) is 13.7. The quantitative estimate of drug-likeness (QED) is 0.709. The molecule has 7 heteroatoms. The second kappa shape index (κ2) is 9.89. The zero-order valence-corrected chi connectivity index (χ0v) is 15.8. The molecule has 0 atom stereocenters. The first-order valence-electron chi connectivity index (χ1n) is 9.02. The van der Waals surface area contributed by atoms with Crippen LogP contribution in [0.15, 0.2) is 30.3 Å². The van der Waals surface area contributed by atoms with Crippen LogP contribution < -0.4 is 5.32 Å². The molecule has 1 heterocycles. The predicted molar refractivity (Wildman–Crippen MR) is 99.9 cm³/mol. The van der Waals surface area contributed by atoms with E-state index in [1.54, 1.807) is 4.31 Å². The van der Waals surface area contributed by atoms with Gasteiger partial charge in [-0.15, -0.1) is 0 Å². The van der Waals surface area contributed by atoms with Gasteiger partial charge >= 0.3 is 0 Å². The van der Waals surface area contributed by atoms with Gasteiger partial charge < -0.3 is 10.2 Å². The van der Waals surface area contributed by atoms with E-state index in [0.29, 0.717) is 19.5 Å². The minimum Gasteiger partial charge on any atom is -0.355 e. The van der Waals surface area contributed by atoms with Crippen LogP contribution in [-0.2, 0) is 21.2 Å². The summed E-state index contributed by atoms with van der Waals surface area (Å²) in [7, 11) is -3.29. The van der Waals surface area contributed by atoms with E-state index in [2.05, 4.69) is 22.3 Å². The molecule has 1 aromatic carbocycles. The summed E-state index contributed by atoms with van der Waals surface area (Å²) >= 11 is 0. The van der Waals surface area contributed by atoms with Crippen molar-refractivity contribution in [3.8, 4) is 0 Å². The average molecular weight is 368 g/mol. The van der Waals surface area contributed by atoms with Gasteiger partial charge in [0.2, 0.25) is 15.9 Å². The molecule has 0 unspecified atom stereocenters. The number of carbonyl (C=O) groups is 1. The summed E-state index contributed by atoms with van der Waals surface area (Å²) in [5.41, 5.74) is 1.31. The lowest BCUT2D eigenvalue weighted by Crippen LogP contribution is -2.50. The van der Waals surface area contributed by atoms with Gasteiger partial charge in [0, 0.05) is 45.7 Å². The Balaban J connectivity index is 1.70. The highest BCUT2D eigenvalue weighted by atomic mass is 32.2. The number of benzene rings is 1. The fourth-order valence-corrected chi connectivity index (χ4v) is 4.27. The zero-order valence-electron chi connectivity index (χ0n) is 15.0. The number of hydrogen-bond donors (Lipinski definition) is 1. The molecule has 1 saturated heterocycles.